The summed E-state index contributed by atoms with van der Waals surface area (Å²) in [6, 6.07) is 53.7. The van der Waals surface area contributed by atoms with Gasteiger partial charge in [0.2, 0.25) is 0 Å². The summed E-state index contributed by atoms with van der Waals surface area (Å²) < 4.78 is 0. The van der Waals surface area contributed by atoms with Crippen molar-refractivity contribution in [1.29, 1.82) is 0 Å². The van der Waals surface area contributed by atoms with Gasteiger partial charge in [-0.1, -0.05) is 91.0 Å². The van der Waals surface area contributed by atoms with E-state index >= 15 is 0 Å². The zero-order valence-corrected chi connectivity index (χ0v) is 26.8. The molecule has 0 N–H and O–H groups in total. The van der Waals surface area contributed by atoms with E-state index in [0.717, 1.165) is 34.1 Å². The predicted molar refractivity (Wildman–Crippen MR) is 198 cm³/mol. The van der Waals surface area contributed by atoms with Crippen molar-refractivity contribution in [3.8, 4) is 0 Å². The van der Waals surface area contributed by atoms with Crippen molar-refractivity contribution in [3.63, 3.8) is 0 Å². The van der Waals surface area contributed by atoms with E-state index in [-0.39, 0.29) is 0 Å². The lowest BCUT2D eigenvalue weighted by Crippen LogP contribution is -2.15. The van der Waals surface area contributed by atoms with E-state index in [1.807, 2.05) is 0 Å². The highest BCUT2D eigenvalue weighted by Crippen LogP contribution is 2.50. The largest absolute Gasteiger partial charge is 0.310 e. The summed E-state index contributed by atoms with van der Waals surface area (Å²) in [6.07, 6.45) is 0. The van der Waals surface area contributed by atoms with Gasteiger partial charge in [-0.25, -0.2) is 0 Å². The maximum atomic E-state index is 2.44. The standard InChI is InChI=1S/C44H36N2/c1-29-10-5-16-35(24-29)45(36-17-6-11-30(2)25-36)41-28-42(40-23-21-34-15-9-14-33-20-22-39(41)44(40)43(33)34)46(37-18-7-12-31(3)26-37)38-19-8-13-32(4)27-38/h5-28H,1-4H3. The average molecular weight is 593 g/mol. The highest BCUT2D eigenvalue weighted by atomic mass is 15.2. The molecule has 0 amide bonds. The molecule has 2 heteroatoms. The quantitative estimate of drug-likeness (QED) is 0.177. The van der Waals surface area contributed by atoms with E-state index in [1.54, 1.807) is 0 Å². The first-order valence-electron chi connectivity index (χ1n) is 16.0. The molecule has 46 heavy (non-hydrogen) atoms. The zero-order valence-electron chi connectivity index (χ0n) is 26.8. The Hall–Kier alpha value is -5.60. The lowest BCUT2D eigenvalue weighted by atomic mass is 9.91. The molecule has 0 fully saturated rings. The van der Waals surface area contributed by atoms with Crippen LogP contribution in [0.1, 0.15) is 22.3 Å². The molecule has 2 nitrogen and oxygen atoms in total. The van der Waals surface area contributed by atoms with Crippen LogP contribution in [0.15, 0.2) is 146 Å². The van der Waals surface area contributed by atoms with Gasteiger partial charge in [0.1, 0.15) is 0 Å². The summed E-state index contributed by atoms with van der Waals surface area (Å²) in [4.78, 5) is 4.89. The minimum Gasteiger partial charge on any atom is -0.310 e. The Kier molecular flexibility index (Phi) is 6.73. The monoisotopic (exact) mass is 592 g/mol. The van der Waals surface area contributed by atoms with Gasteiger partial charge in [0.05, 0.1) is 11.4 Å². The fourth-order valence-corrected chi connectivity index (χ4v) is 7.09. The van der Waals surface area contributed by atoms with Gasteiger partial charge in [0.25, 0.3) is 0 Å². The second-order valence-corrected chi connectivity index (χ2v) is 12.6. The molecule has 0 heterocycles. The number of rotatable bonds is 6. The van der Waals surface area contributed by atoms with Crippen LogP contribution in [-0.4, -0.2) is 0 Å². The Balaban J connectivity index is 1.55. The molecule has 0 saturated heterocycles. The molecule has 0 saturated carbocycles. The number of nitrogens with zero attached hydrogens (tertiary/aromatic N) is 2. The smallest absolute Gasteiger partial charge is 0.0561 e. The molecule has 0 unspecified atom stereocenters. The third-order valence-electron chi connectivity index (χ3n) is 9.12. The number of anilines is 6. The van der Waals surface area contributed by atoms with Gasteiger partial charge in [-0.05, 0) is 121 Å². The van der Waals surface area contributed by atoms with Crippen LogP contribution in [-0.2, 0) is 0 Å². The van der Waals surface area contributed by atoms with E-state index in [1.165, 1.54) is 54.6 Å². The Morgan fingerprint density at radius 3 is 1.02 bits per heavy atom. The van der Waals surface area contributed by atoms with Crippen LogP contribution in [0, 0.1) is 27.7 Å². The lowest BCUT2D eigenvalue weighted by Gasteiger charge is -2.32. The summed E-state index contributed by atoms with van der Waals surface area (Å²) >= 11 is 0. The SMILES string of the molecule is Cc1cccc(N(c2cccc(C)c2)c2cc(N(c3cccc(C)c3)c3cccc(C)c3)c3ccc4cccc5ccc2c3c54)c1. The molecule has 0 aliphatic rings. The topological polar surface area (TPSA) is 6.48 Å². The van der Waals surface area contributed by atoms with Crippen molar-refractivity contribution in [1.82, 2.24) is 0 Å². The highest BCUT2D eigenvalue weighted by molar-refractivity contribution is 6.28. The molecule has 8 aromatic carbocycles. The molecule has 8 rings (SSSR count). The van der Waals surface area contributed by atoms with E-state index in [2.05, 4.69) is 183 Å². The highest BCUT2D eigenvalue weighted by Gasteiger charge is 2.24. The van der Waals surface area contributed by atoms with Crippen molar-refractivity contribution in [2.24, 2.45) is 0 Å². The summed E-state index contributed by atoms with van der Waals surface area (Å²) in [5, 5.41) is 7.59. The molecule has 0 bridgehead atoms. The van der Waals surface area contributed by atoms with Crippen molar-refractivity contribution < 1.29 is 0 Å². The normalized spacial score (nSPS) is 11.5. The van der Waals surface area contributed by atoms with E-state index < -0.39 is 0 Å². The molecule has 222 valence electrons. The van der Waals surface area contributed by atoms with Crippen molar-refractivity contribution >= 4 is 66.4 Å². The van der Waals surface area contributed by atoms with Crippen LogP contribution in [0.3, 0.4) is 0 Å². The van der Waals surface area contributed by atoms with Crippen LogP contribution in [0.5, 0.6) is 0 Å². The van der Waals surface area contributed by atoms with Crippen molar-refractivity contribution in [2.45, 2.75) is 27.7 Å². The number of hydrogen-bond acceptors (Lipinski definition) is 2. The maximum absolute atomic E-state index is 2.44. The Morgan fingerprint density at radius 1 is 0.326 bits per heavy atom. The summed E-state index contributed by atoms with van der Waals surface area (Å²) in [5.74, 6) is 0. The molecular weight excluding hydrogens is 556 g/mol. The first-order chi connectivity index (χ1) is 22.4. The van der Waals surface area contributed by atoms with Gasteiger partial charge in [-0.15, -0.1) is 0 Å². The second kappa shape index (κ2) is 11.1. The van der Waals surface area contributed by atoms with Gasteiger partial charge >= 0.3 is 0 Å². The molecule has 0 aliphatic carbocycles. The Morgan fingerprint density at radius 2 is 0.674 bits per heavy atom. The van der Waals surface area contributed by atoms with Gasteiger partial charge in [0.15, 0.2) is 0 Å². The number of benzene rings is 8. The first kappa shape index (κ1) is 27.9. The molecular formula is C44H36N2. The predicted octanol–water partition coefficient (Wildman–Crippen LogP) is 12.8. The molecule has 0 spiro atoms. The third kappa shape index (κ3) is 4.74. The van der Waals surface area contributed by atoms with Crippen LogP contribution < -0.4 is 9.80 Å². The minimum atomic E-state index is 1.14. The van der Waals surface area contributed by atoms with Gasteiger partial charge < -0.3 is 9.80 Å². The Labute approximate surface area is 271 Å². The fraction of sp³-hybridized carbons (Fsp3) is 0.0909. The van der Waals surface area contributed by atoms with Crippen LogP contribution in [0.4, 0.5) is 34.1 Å². The second-order valence-electron chi connectivity index (χ2n) is 12.6. The van der Waals surface area contributed by atoms with Crippen molar-refractivity contribution in [2.75, 3.05) is 9.80 Å². The number of aryl methyl sites for hydroxylation is 4. The van der Waals surface area contributed by atoms with Crippen LogP contribution in [0.25, 0.3) is 32.3 Å². The lowest BCUT2D eigenvalue weighted by molar-refractivity contribution is 1.25. The maximum Gasteiger partial charge on any atom is 0.0561 e. The molecule has 0 aliphatic heterocycles. The van der Waals surface area contributed by atoms with Crippen LogP contribution in [0.2, 0.25) is 0 Å². The minimum absolute atomic E-state index is 1.14. The summed E-state index contributed by atoms with van der Waals surface area (Å²) in [6.45, 7) is 8.69. The van der Waals surface area contributed by atoms with E-state index in [0.29, 0.717) is 0 Å². The van der Waals surface area contributed by atoms with Crippen LogP contribution >= 0.6 is 0 Å². The first-order valence-corrected chi connectivity index (χ1v) is 16.0. The van der Waals surface area contributed by atoms with Gasteiger partial charge in [0, 0.05) is 38.9 Å². The van der Waals surface area contributed by atoms with E-state index in [9.17, 15) is 0 Å². The molecule has 0 aromatic heterocycles. The van der Waals surface area contributed by atoms with Crippen molar-refractivity contribution in [3.05, 3.63) is 168 Å². The van der Waals surface area contributed by atoms with E-state index in [4.69, 9.17) is 0 Å². The zero-order chi connectivity index (χ0) is 31.4. The third-order valence-corrected chi connectivity index (χ3v) is 9.12. The summed E-state index contributed by atoms with van der Waals surface area (Å²) in [5.41, 5.74) is 11.8. The fourth-order valence-electron chi connectivity index (χ4n) is 7.09. The number of hydrogen-bond donors (Lipinski definition) is 0. The Bertz CT molecular complexity index is 2130. The summed E-state index contributed by atoms with van der Waals surface area (Å²) in [7, 11) is 0. The molecule has 0 radical (unpaired) electrons. The van der Waals surface area contributed by atoms with Gasteiger partial charge in [-0.2, -0.15) is 0 Å². The molecule has 0 atom stereocenters. The average Bonchev–Trinajstić information content (AvgIpc) is 3.05. The molecule has 8 aromatic rings. The van der Waals surface area contributed by atoms with Gasteiger partial charge in [-0.3, -0.25) is 0 Å².